The summed E-state index contributed by atoms with van der Waals surface area (Å²) >= 11 is 1.47. The van der Waals surface area contributed by atoms with Crippen LogP contribution in [0.4, 0.5) is 5.13 Å². The molecule has 0 spiro atoms. The van der Waals surface area contributed by atoms with Crippen molar-refractivity contribution in [2.45, 2.75) is 38.1 Å². The third-order valence-corrected chi connectivity index (χ3v) is 9.42. The van der Waals surface area contributed by atoms with Crippen LogP contribution in [0.15, 0.2) is 70.2 Å². The average Bonchev–Trinajstić information content (AvgIpc) is 3.53. The summed E-state index contributed by atoms with van der Waals surface area (Å²) in [4.78, 5) is 20.5. The maximum absolute atomic E-state index is 13.9. The van der Waals surface area contributed by atoms with E-state index < -0.39 is 15.9 Å². The second-order valence-electron chi connectivity index (χ2n) is 8.92. The first-order chi connectivity index (χ1) is 16.8. The second-order valence-corrected chi connectivity index (χ2v) is 11.9. The molecule has 9 heteroatoms. The Morgan fingerprint density at radius 3 is 2.66 bits per heavy atom. The molecule has 0 bridgehead atoms. The van der Waals surface area contributed by atoms with E-state index in [2.05, 4.69) is 13.0 Å². The number of hydrogen-bond acceptors (Lipinski definition) is 6. The molecule has 0 aliphatic carbocycles. The lowest BCUT2D eigenvalue weighted by Crippen LogP contribution is -2.46. The first kappa shape index (κ1) is 23.7. The largest absolute Gasteiger partial charge is 0.467 e. The molecular formula is C26H27N3O4S2. The molecule has 1 fully saturated rings. The number of furan rings is 1. The minimum atomic E-state index is -3.67. The molecular weight excluding hydrogens is 482 g/mol. The average molecular weight is 510 g/mol. The van der Waals surface area contributed by atoms with Gasteiger partial charge in [-0.15, -0.1) is 0 Å². The molecule has 2 aromatic carbocycles. The van der Waals surface area contributed by atoms with Gasteiger partial charge in [-0.2, -0.15) is 4.31 Å². The van der Waals surface area contributed by atoms with Gasteiger partial charge in [-0.1, -0.05) is 29.5 Å². The fraction of sp³-hybridized carbons (Fsp3) is 0.308. The first-order valence-corrected chi connectivity index (χ1v) is 13.9. The minimum absolute atomic E-state index is 0.137. The predicted molar refractivity (Wildman–Crippen MR) is 137 cm³/mol. The van der Waals surface area contributed by atoms with E-state index in [1.807, 2.05) is 19.1 Å². The Morgan fingerprint density at radius 1 is 1.14 bits per heavy atom. The Balaban J connectivity index is 1.45. The lowest BCUT2D eigenvalue weighted by atomic mass is 9.98. The van der Waals surface area contributed by atoms with Gasteiger partial charge in [-0.25, -0.2) is 13.4 Å². The molecule has 0 saturated carbocycles. The molecule has 4 aromatic rings. The predicted octanol–water partition coefficient (Wildman–Crippen LogP) is 5.14. The van der Waals surface area contributed by atoms with E-state index in [0.29, 0.717) is 30.3 Å². The minimum Gasteiger partial charge on any atom is -0.467 e. The van der Waals surface area contributed by atoms with Crippen molar-refractivity contribution in [3.63, 3.8) is 0 Å². The number of piperidine rings is 1. The van der Waals surface area contributed by atoms with Crippen molar-refractivity contribution in [1.82, 2.24) is 9.29 Å². The lowest BCUT2D eigenvalue weighted by Gasteiger charge is -2.33. The third kappa shape index (κ3) is 4.76. The van der Waals surface area contributed by atoms with Crippen LogP contribution in [0, 0.1) is 19.8 Å². The number of benzene rings is 2. The topological polar surface area (TPSA) is 83.7 Å². The number of anilines is 1. The number of aryl methyl sites for hydroxylation is 2. The molecule has 1 saturated heterocycles. The summed E-state index contributed by atoms with van der Waals surface area (Å²) in [7, 11) is -3.67. The van der Waals surface area contributed by atoms with Crippen LogP contribution in [0.1, 0.15) is 29.7 Å². The number of amides is 1. The van der Waals surface area contributed by atoms with Crippen LogP contribution >= 0.6 is 11.3 Å². The highest BCUT2D eigenvalue weighted by molar-refractivity contribution is 7.89. The Hall–Kier alpha value is -3.01. The van der Waals surface area contributed by atoms with Gasteiger partial charge in [0.1, 0.15) is 5.76 Å². The second kappa shape index (κ2) is 9.56. The number of aromatic nitrogens is 1. The normalized spacial score (nSPS) is 17.0. The molecule has 1 atom stereocenters. The van der Waals surface area contributed by atoms with Crippen LogP contribution in [0.5, 0.6) is 0 Å². The summed E-state index contributed by atoms with van der Waals surface area (Å²) in [6.45, 7) is 4.89. The molecule has 5 rings (SSSR count). The van der Waals surface area contributed by atoms with Crippen molar-refractivity contribution in [3.8, 4) is 0 Å². The van der Waals surface area contributed by atoms with Gasteiger partial charge < -0.3 is 4.42 Å². The summed E-state index contributed by atoms with van der Waals surface area (Å²) in [6.07, 6.45) is 2.82. The molecule has 7 nitrogen and oxygen atoms in total. The van der Waals surface area contributed by atoms with E-state index in [1.165, 1.54) is 21.2 Å². The summed E-state index contributed by atoms with van der Waals surface area (Å²) in [6, 6.07) is 16.1. The molecule has 182 valence electrons. The number of carbonyl (C=O) groups is 1. The Bertz CT molecular complexity index is 1410. The molecule has 1 unspecified atom stereocenters. The van der Waals surface area contributed by atoms with Gasteiger partial charge >= 0.3 is 0 Å². The molecule has 2 aromatic heterocycles. The monoisotopic (exact) mass is 509 g/mol. The van der Waals surface area contributed by atoms with Crippen molar-refractivity contribution >= 4 is 42.6 Å². The van der Waals surface area contributed by atoms with E-state index in [1.54, 1.807) is 47.6 Å². The summed E-state index contributed by atoms with van der Waals surface area (Å²) in [5.74, 6) is 0.0454. The maximum atomic E-state index is 13.9. The van der Waals surface area contributed by atoms with E-state index in [0.717, 1.165) is 15.8 Å². The number of rotatable bonds is 6. The molecule has 35 heavy (non-hydrogen) atoms. The first-order valence-electron chi connectivity index (χ1n) is 11.6. The fourth-order valence-corrected chi connectivity index (χ4v) is 7.00. The third-order valence-electron chi connectivity index (χ3n) is 6.50. The molecule has 1 aliphatic heterocycles. The number of carbonyl (C=O) groups excluding carboxylic acids is 1. The summed E-state index contributed by atoms with van der Waals surface area (Å²) in [5, 5.41) is 0.592. The summed E-state index contributed by atoms with van der Waals surface area (Å²) in [5.41, 5.74) is 3.17. The number of fused-ring (bicyclic) bond motifs is 1. The smallest absolute Gasteiger partial charge is 0.243 e. The van der Waals surface area contributed by atoms with Crippen LogP contribution in [0.3, 0.4) is 0 Å². The standard InChI is InChI=1S/C26H27N3O4S2/c1-18-14-23-24(15-19(18)2)34-26(27-23)29(17-21-9-7-13-33-21)25(30)20-8-6-12-28(16-20)35(31,32)22-10-4-3-5-11-22/h3-5,7,9-11,13-15,20H,6,8,12,16-17H2,1-2H3. The summed E-state index contributed by atoms with van der Waals surface area (Å²) < 4.78 is 34.4. The quantitative estimate of drug-likeness (QED) is 0.359. The Labute approximate surface area is 209 Å². The fourth-order valence-electron chi connectivity index (χ4n) is 4.41. The van der Waals surface area contributed by atoms with E-state index in [-0.39, 0.29) is 23.9 Å². The zero-order valence-electron chi connectivity index (χ0n) is 19.7. The van der Waals surface area contributed by atoms with Gasteiger partial charge in [0, 0.05) is 13.1 Å². The highest BCUT2D eigenvalue weighted by Crippen LogP contribution is 2.34. The van der Waals surface area contributed by atoms with Crippen LogP contribution in [0.25, 0.3) is 10.2 Å². The number of hydrogen-bond donors (Lipinski definition) is 0. The van der Waals surface area contributed by atoms with Crippen LogP contribution in [-0.4, -0.2) is 36.7 Å². The van der Waals surface area contributed by atoms with Crippen molar-refractivity contribution < 1.29 is 17.6 Å². The van der Waals surface area contributed by atoms with E-state index in [9.17, 15) is 13.2 Å². The van der Waals surface area contributed by atoms with Gasteiger partial charge in [-0.05, 0) is 74.2 Å². The van der Waals surface area contributed by atoms with Crippen molar-refractivity contribution in [3.05, 3.63) is 77.7 Å². The van der Waals surface area contributed by atoms with Crippen LogP contribution in [0.2, 0.25) is 0 Å². The lowest BCUT2D eigenvalue weighted by molar-refractivity contribution is -0.123. The number of sulfonamides is 1. The van der Waals surface area contributed by atoms with Crippen molar-refractivity contribution in [2.24, 2.45) is 5.92 Å². The molecule has 0 N–H and O–H groups in total. The number of nitrogens with zero attached hydrogens (tertiary/aromatic N) is 3. The van der Waals surface area contributed by atoms with Gasteiger partial charge in [0.05, 0.1) is 33.8 Å². The van der Waals surface area contributed by atoms with E-state index in [4.69, 9.17) is 9.40 Å². The highest BCUT2D eigenvalue weighted by atomic mass is 32.2. The van der Waals surface area contributed by atoms with Gasteiger partial charge in [-0.3, -0.25) is 9.69 Å². The molecule has 0 radical (unpaired) electrons. The van der Waals surface area contributed by atoms with Crippen LogP contribution in [-0.2, 0) is 21.4 Å². The van der Waals surface area contributed by atoms with Gasteiger partial charge in [0.15, 0.2) is 5.13 Å². The van der Waals surface area contributed by atoms with Crippen molar-refractivity contribution in [1.29, 1.82) is 0 Å². The van der Waals surface area contributed by atoms with Crippen molar-refractivity contribution in [2.75, 3.05) is 18.0 Å². The van der Waals surface area contributed by atoms with Crippen LogP contribution < -0.4 is 4.90 Å². The zero-order valence-corrected chi connectivity index (χ0v) is 21.3. The van der Waals surface area contributed by atoms with Gasteiger partial charge in [0.2, 0.25) is 15.9 Å². The highest BCUT2D eigenvalue weighted by Gasteiger charge is 2.36. The zero-order chi connectivity index (χ0) is 24.6. The maximum Gasteiger partial charge on any atom is 0.243 e. The SMILES string of the molecule is Cc1cc2nc(N(Cc3ccco3)C(=O)C3CCCN(S(=O)(=O)c4ccccc4)C3)sc2cc1C. The molecule has 1 aliphatic rings. The molecule has 1 amide bonds. The molecule has 3 heterocycles. The van der Waals surface area contributed by atoms with Gasteiger partial charge in [0.25, 0.3) is 0 Å². The number of thiazole rings is 1. The Morgan fingerprint density at radius 2 is 1.91 bits per heavy atom. The Kier molecular flexibility index (Phi) is 6.48. The van der Waals surface area contributed by atoms with E-state index >= 15 is 0 Å².